The van der Waals surface area contributed by atoms with Crippen LogP contribution in [0.2, 0.25) is 0 Å². The van der Waals surface area contributed by atoms with Gasteiger partial charge in [0.1, 0.15) is 6.17 Å². The Morgan fingerprint density at radius 1 is 0.500 bits per heavy atom. The lowest BCUT2D eigenvalue weighted by atomic mass is 10.0. The topological polar surface area (TPSA) is 6.48 Å². The van der Waals surface area contributed by atoms with Crippen LogP contribution < -0.4 is 0 Å². The highest BCUT2D eigenvalue weighted by molar-refractivity contribution is 5.15. The summed E-state index contributed by atoms with van der Waals surface area (Å²) in [4.78, 5) is 5.21. The first kappa shape index (κ1) is 30.8. The van der Waals surface area contributed by atoms with Crippen LogP contribution in [0.5, 0.6) is 0 Å². The third-order valence-corrected chi connectivity index (χ3v) is 8.01. The summed E-state index contributed by atoms with van der Waals surface area (Å²) in [5, 5.41) is 0. The number of benzene rings is 1. The second-order valence-electron chi connectivity index (χ2n) is 11.3. The molecule has 2 heteroatoms. The normalized spacial score (nSPS) is 15.3. The van der Waals surface area contributed by atoms with Crippen LogP contribution in [0.1, 0.15) is 154 Å². The average Bonchev–Trinajstić information content (AvgIpc) is 3.27. The maximum atomic E-state index is 2.63. The molecule has 0 aromatic heterocycles. The summed E-state index contributed by atoms with van der Waals surface area (Å²) in [7, 11) is 0. The molecule has 36 heavy (non-hydrogen) atoms. The van der Waals surface area contributed by atoms with E-state index in [1.165, 1.54) is 147 Å². The summed E-state index contributed by atoms with van der Waals surface area (Å²) in [6.07, 6.45) is 35.0. The van der Waals surface area contributed by atoms with Gasteiger partial charge in [-0.25, -0.2) is 0 Å². The van der Waals surface area contributed by atoms with E-state index < -0.39 is 0 Å². The highest BCUT2D eigenvalue weighted by atomic mass is 15.4. The Morgan fingerprint density at radius 2 is 0.944 bits per heavy atom. The molecule has 0 amide bonds. The maximum absolute atomic E-state index is 2.63. The Morgan fingerprint density at radius 3 is 1.47 bits per heavy atom. The molecule has 1 aliphatic rings. The van der Waals surface area contributed by atoms with Crippen LogP contribution in [0.3, 0.4) is 0 Å². The summed E-state index contributed by atoms with van der Waals surface area (Å²) in [5.41, 5.74) is 1.42. The minimum Gasteiger partial charge on any atom is -0.356 e. The number of hydrogen-bond acceptors (Lipinski definition) is 2. The summed E-state index contributed by atoms with van der Waals surface area (Å²) in [6, 6.07) is 11.0. The Kier molecular flexibility index (Phi) is 18.5. The fraction of sp³-hybridized carbons (Fsp3) is 0.765. The van der Waals surface area contributed by atoms with Gasteiger partial charge in [0.15, 0.2) is 0 Å². The van der Waals surface area contributed by atoms with Gasteiger partial charge in [0, 0.05) is 25.5 Å². The zero-order valence-corrected chi connectivity index (χ0v) is 24.3. The van der Waals surface area contributed by atoms with E-state index in [9.17, 15) is 0 Å². The molecule has 0 radical (unpaired) electrons. The van der Waals surface area contributed by atoms with E-state index in [-0.39, 0.29) is 0 Å². The van der Waals surface area contributed by atoms with E-state index in [4.69, 9.17) is 0 Å². The molecule has 206 valence electrons. The molecule has 0 fully saturated rings. The highest BCUT2D eigenvalue weighted by Crippen LogP contribution is 2.25. The van der Waals surface area contributed by atoms with Crippen molar-refractivity contribution in [1.29, 1.82) is 0 Å². The van der Waals surface area contributed by atoms with Gasteiger partial charge >= 0.3 is 0 Å². The molecule has 1 aliphatic heterocycles. The smallest absolute Gasteiger partial charge is 0.101 e. The molecule has 0 saturated carbocycles. The molecule has 1 aromatic carbocycles. The predicted octanol–water partition coefficient (Wildman–Crippen LogP) is 10.8. The van der Waals surface area contributed by atoms with E-state index in [2.05, 4.69) is 66.4 Å². The van der Waals surface area contributed by atoms with Crippen molar-refractivity contribution in [3.8, 4) is 0 Å². The molecule has 1 aromatic rings. The summed E-state index contributed by atoms with van der Waals surface area (Å²) in [5.74, 6) is 0. The van der Waals surface area contributed by atoms with Gasteiger partial charge in [-0.15, -0.1) is 0 Å². The van der Waals surface area contributed by atoms with Crippen molar-refractivity contribution in [2.24, 2.45) is 0 Å². The molecule has 0 bridgehead atoms. The van der Waals surface area contributed by atoms with Gasteiger partial charge in [0.25, 0.3) is 0 Å². The molecule has 0 spiro atoms. The zero-order valence-electron chi connectivity index (χ0n) is 24.3. The van der Waals surface area contributed by atoms with Crippen molar-refractivity contribution in [3.05, 3.63) is 48.3 Å². The SMILES string of the molecule is CCCCCCCCCCCCCCCCCCC1N(CCCCCC)C=CN1Cc1ccccc1. The van der Waals surface area contributed by atoms with Crippen molar-refractivity contribution in [2.45, 2.75) is 161 Å². The Bertz CT molecular complexity index is 625. The van der Waals surface area contributed by atoms with Crippen molar-refractivity contribution in [1.82, 2.24) is 9.80 Å². The van der Waals surface area contributed by atoms with E-state index >= 15 is 0 Å². The largest absolute Gasteiger partial charge is 0.356 e. The van der Waals surface area contributed by atoms with Gasteiger partial charge in [-0.1, -0.05) is 160 Å². The predicted molar refractivity (Wildman–Crippen MR) is 160 cm³/mol. The van der Waals surface area contributed by atoms with E-state index in [1.807, 2.05) is 0 Å². The van der Waals surface area contributed by atoms with Crippen molar-refractivity contribution < 1.29 is 0 Å². The minimum absolute atomic E-state index is 0.554. The van der Waals surface area contributed by atoms with Crippen LogP contribution >= 0.6 is 0 Å². The van der Waals surface area contributed by atoms with E-state index in [1.54, 1.807) is 0 Å². The van der Waals surface area contributed by atoms with Gasteiger partial charge in [-0.05, 0) is 24.8 Å². The molecule has 2 nitrogen and oxygen atoms in total. The Labute approximate surface area is 225 Å². The molecule has 1 unspecified atom stereocenters. The monoisotopic (exact) mass is 496 g/mol. The van der Waals surface area contributed by atoms with Crippen LogP contribution in [0.25, 0.3) is 0 Å². The van der Waals surface area contributed by atoms with Gasteiger partial charge < -0.3 is 9.80 Å². The fourth-order valence-corrected chi connectivity index (χ4v) is 5.66. The Hall–Kier alpha value is -1.44. The van der Waals surface area contributed by atoms with Gasteiger partial charge in [0.05, 0.1) is 0 Å². The molecular formula is C34H60N2. The van der Waals surface area contributed by atoms with Crippen molar-refractivity contribution in [2.75, 3.05) is 6.54 Å². The van der Waals surface area contributed by atoms with Crippen LogP contribution in [0, 0.1) is 0 Å². The lowest BCUT2D eigenvalue weighted by molar-refractivity contribution is 0.132. The van der Waals surface area contributed by atoms with E-state index in [0.29, 0.717) is 6.17 Å². The Balaban J connectivity index is 1.52. The highest BCUT2D eigenvalue weighted by Gasteiger charge is 2.25. The zero-order chi connectivity index (χ0) is 25.5. The third kappa shape index (κ3) is 14.3. The second kappa shape index (κ2) is 21.6. The first-order chi connectivity index (χ1) is 17.8. The minimum atomic E-state index is 0.554. The number of nitrogens with zero attached hydrogens (tertiary/aromatic N) is 2. The van der Waals surface area contributed by atoms with Crippen LogP contribution in [-0.2, 0) is 6.54 Å². The summed E-state index contributed by atoms with van der Waals surface area (Å²) < 4.78 is 0. The molecule has 0 saturated heterocycles. The number of hydrogen-bond donors (Lipinski definition) is 0. The fourth-order valence-electron chi connectivity index (χ4n) is 5.66. The van der Waals surface area contributed by atoms with Crippen LogP contribution in [-0.4, -0.2) is 22.5 Å². The number of unbranched alkanes of at least 4 members (excludes halogenated alkanes) is 18. The lowest BCUT2D eigenvalue weighted by Gasteiger charge is -2.33. The maximum Gasteiger partial charge on any atom is 0.101 e. The molecular weight excluding hydrogens is 436 g/mol. The molecule has 0 aliphatic carbocycles. The first-order valence-electron chi connectivity index (χ1n) is 16.1. The molecule has 2 rings (SSSR count). The van der Waals surface area contributed by atoms with E-state index in [0.717, 1.165) is 6.54 Å². The summed E-state index contributed by atoms with van der Waals surface area (Å²) >= 11 is 0. The van der Waals surface area contributed by atoms with Gasteiger partial charge in [-0.2, -0.15) is 0 Å². The average molecular weight is 497 g/mol. The van der Waals surface area contributed by atoms with Crippen molar-refractivity contribution >= 4 is 0 Å². The number of rotatable bonds is 24. The second-order valence-corrected chi connectivity index (χ2v) is 11.3. The third-order valence-electron chi connectivity index (χ3n) is 8.01. The first-order valence-corrected chi connectivity index (χ1v) is 16.1. The molecule has 1 atom stereocenters. The van der Waals surface area contributed by atoms with Crippen molar-refractivity contribution in [3.63, 3.8) is 0 Å². The quantitative estimate of drug-likeness (QED) is 0.131. The molecule has 1 heterocycles. The van der Waals surface area contributed by atoms with Crippen LogP contribution in [0.4, 0.5) is 0 Å². The molecule has 0 N–H and O–H groups in total. The van der Waals surface area contributed by atoms with Gasteiger partial charge in [-0.3, -0.25) is 0 Å². The van der Waals surface area contributed by atoms with Crippen LogP contribution in [0.15, 0.2) is 42.7 Å². The lowest BCUT2D eigenvalue weighted by Crippen LogP contribution is -2.38. The summed E-state index contributed by atoms with van der Waals surface area (Å²) in [6.45, 7) is 6.85. The standard InChI is InChI=1S/C34H60N2/c1-3-5-7-9-10-11-12-13-14-15-16-17-18-19-20-24-28-34-35(29-25-8-6-4-2)30-31-36(34)32-33-26-22-21-23-27-33/h21-23,26-27,30-31,34H,3-20,24-25,28-29,32H2,1-2H3. The van der Waals surface area contributed by atoms with Gasteiger partial charge in [0.2, 0.25) is 0 Å².